The molecule has 0 atom stereocenters. The fraction of sp³-hybridized carbons (Fsp3) is 0.0714. The van der Waals surface area contributed by atoms with E-state index in [0.717, 1.165) is 27.7 Å². The van der Waals surface area contributed by atoms with Gasteiger partial charge in [-0.3, -0.25) is 4.98 Å². The van der Waals surface area contributed by atoms with E-state index in [2.05, 4.69) is 9.97 Å². The number of ether oxygens (including phenoxy) is 1. The molecule has 0 saturated carbocycles. The molecule has 0 aliphatic rings. The van der Waals surface area contributed by atoms with Crippen LogP contribution in [0.3, 0.4) is 0 Å². The van der Waals surface area contributed by atoms with Gasteiger partial charge in [0.25, 0.3) is 0 Å². The Morgan fingerprint density at radius 3 is 2.95 bits per heavy atom. The van der Waals surface area contributed by atoms with Crippen LogP contribution in [0.1, 0.15) is 15.4 Å². The van der Waals surface area contributed by atoms with Gasteiger partial charge in [-0.15, -0.1) is 22.7 Å². The number of carbonyl (C=O) groups is 1. The quantitative estimate of drug-likeness (QED) is 0.779. The SMILES string of the molecule is O=C(O)c1sccc1OCc1csc(-c2ccccn2)n1. The molecule has 0 unspecified atom stereocenters. The summed E-state index contributed by atoms with van der Waals surface area (Å²) in [5.74, 6) is -0.604. The number of pyridine rings is 1. The molecule has 1 N–H and O–H groups in total. The Morgan fingerprint density at radius 2 is 2.19 bits per heavy atom. The molecule has 3 heterocycles. The minimum atomic E-state index is -0.979. The summed E-state index contributed by atoms with van der Waals surface area (Å²) in [5, 5.41) is 13.4. The van der Waals surface area contributed by atoms with Crippen molar-refractivity contribution in [2.75, 3.05) is 0 Å². The smallest absolute Gasteiger partial charge is 0.349 e. The Balaban J connectivity index is 1.71. The molecule has 3 rings (SSSR count). The van der Waals surface area contributed by atoms with Crippen LogP contribution in [0.15, 0.2) is 41.2 Å². The molecule has 0 aromatic carbocycles. The fourth-order valence-corrected chi connectivity index (χ4v) is 3.15. The first-order valence-electron chi connectivity index (χ1n) is 6.03. The normalized spacial score (nSPS) is 10.5. The highest BCUT2D eigenvalue weighted by molar-refractivity contribution is 7.13. The summed E-state index contributed by atoms with van der Waals surface area (Å²) in [6.07, 6.45) is 1.72. The fourth-order valence-electron chi connectivity index (χ4n) is 1.70. The molecule has 7 heteroatoms. The van der Waals surface area contributed by atoms with Crippen LogP contribution >= 0.6 is 22.7 Å². The lowest BCUT2D eigenvalue weighted by Crippen LogP contribution is -2.00. The highest BCUT2D eigenvalue weighted by Crippen LogP contribution is 2.26. The molecule has 0 aliphatic heterocycles. The Labute approximate surface area is 128 Å². The lowest BCUT2D eigenvalue weighted by atomic mass is 10.4. The third-order valence-electron chi connectivity index (χ3n) is 2.63. The second-order valence-corrected chi connectivity index (χ2v) is 5.84. The predicted octanol–water partition coefficient (Wildman–Crippen LogP) is 3.54. The number of thiophene rings is 1. The van der Waals surface area contributed by atoms with Gasteiger partial charge in [-0.2, -0.15) is 0 Å². The van der Waals surface area contributed by atoms with E-state index in [1.807, 2.05) is 23.6 Å². The number of carboxylic acid groups (broad SMARTS) is 1. The molecule has 3 aromatic heterocycles. The zero-order valence-electron chi connectivity index (χ0n) is 10.7. The number of aromatic carboxylic acids is 1. The molecular formula is C14H10N2O3S2. The summed E-state index contributed by atoms with van der Waals surface area (Å²) in [4.78, 5) is 19.9. The van der Waals surface area contributed by atoms with E-state index in [9.17, 15) is 4.79 Å². The van der Waals surface area contributed by atoms with Crippen molar-refractivity contribution in [1.82, 2.24) is 9.97 Å². The van der Waals surface area contributed by atoms with E-state index in [4.69, 9.17) is 9.84 Å². The van der Waals surface area contributed by atoms with Crippen LogP contribution in [-0.2, 0) is 6.61 Å². The van der Waals surface area contributed by atoms with Crippen molar-refractivity contribution in [3.8, 4) is 16.5 Å². The molecule has 0 radical (unpaired) electrons. The van der Waals surface area contributed by atoms with Gasteiger partial charge < -0.3 is 9.84 Å². The van der Waals surface area contributed by atoms with Crippen LogP contribution in [0.2, 0.25) is 0 Å². The number of carboxylic acids is 1. The summed E-state index contributed by atoms with van der Waals surface area (Å²) in [5.41, 5.74) is 1.57. The summed E-state index contributed by atoms with van der Waals surface area (Å²) in [6.45, 7) is 0.236. The van der Waals surface area contributed by atoms with Crippen molar-refractivity contribution in [2.45, 2.75) is 6.61 Å². The van der Waals surface area contributed by atoms with E-state index >= 15 is 0 Å². The van der Waals surface area contributed by atoms with Crippen molar-refractivity contribution in [3.63, 3.8) is 0 Å². The topological polar surface area (TPSA) is 72.3 Å². The first-order valence-corrected chi connectivity index (χ1v) is 7.79. The molecule has 3 aromatic rings. The molecule has 21 heavy (non-hydrogen) atoms. The average molecular weight is 318 g/mol. The van der Waals surface area contributed by atoms with Crippen molar-refractivity contribution in [2.24, 2.45) is 0 Å². The Bertz CT molecular complexity index is 752. The van der Waals surface area contributed by atoms with E-state index in [0.29, 0.717) is 5.75 Å². The van der Waals surface area contributed by atoms with Crippen LogP contribution in [0.4, 0.5) is 0 Å². The number of thiazole rings is 1. The zero-order chi connectivity index (χ0) is 14.7. The summed E-state index contributed by atoms with van der Waals surface area (Å²) in [6, 6.07) is 7.31. The van der Waals surface area contributed by atoms with E-state index in [1.165, 1.54) is 11.3 Å². The van der Waals surface area contributed by atoms with Gasteiger partial charge in [-0.25, -0.2) is 9.78 Å². The van der Waals surface area contributed by atoms with Gasteiger partial charge in [0.05, 0.1) is 11.4 Å². The van der Waals surface area contributed by atoms with Gasteiger partial charge in [-0.05, 0) is 23.6 Å². The van der Waals surface area contributed by atoms with Gasteiger partial charge in [-0.1, -0.05) is 6.07 Å². The standard InChI is InChI=1S/C14H10N2O3S2/c17-14(18)12-11(4-6-20-12)19-7-9-8-21-13(16-9)10-3-1-2-5-15-10/h1-6,8H,7H2,(H,17,18). The largest absolute Gasteiger partial charge is 0.485 e. The molecule has 0 fully saturated rings. The number of hydrogen-bond acceptors (Lipinski definition) is 6. The van der Waals surface area contributed by atoms with Crippen molar-refractivity contribution < 1.29 is 14.6 Å². The maximum atomic E-state index is 11.0. The Hall–Kier alpha value is -2.25. The van der Waals surface area contributed by atoms with Crippen LogP contribution in [0.25, 0.3) is 10.7 Å². The summed E-state index contributed by atoms with van der Waals surface area (Å²) >= 11 is 2.63. The molecule has 0 amide bonds. The molecule has 0 bridgehead atoms. The number of hydrogen-bond donors (Lipinski definition) is 1. The highest BCUT2D eigenvalue weighted by Gasteiger charge is 2.13. The lowest BCUT2D eigenvalue weighted by molar-refractivity contribution is 0.0697. The second kappa shape index (κ2) is 6.02. The second-order valence-electron chi connectivity index (χ2n) is 4.07. The first kappa shape index (κ1) is 13.7. The first-order chi connectivity index (χ1) is 10.2. The van der Waals surface area contributed by atoms with Crippen LogP contribution in [-0.4, -0.2) is 21.0 Å². The Morgan fingerprint density at radius 1 is 1.29 bits per heavy atom. The average Bonchev–Trinajstić information content (AvgIpc) is 3.15. The maximum Gasteiger partial charge on any atom is 0.349 e. The minimum Gasteiger partial charge on any atom is -0.485 e. The van der Waals surface area contributed by atoms with Crippen LogP contribution < -0.4 is 4.74 Å². The van der Waals surface area contributed by atoms with Gasteiger partial charge >= 0.3 is 5.97 Å². The van der Waals surface area contributed by atoms with Crippen LogP contribution in [0, 0.1) is 0 Å². The third-order valence-corrected chi connectivity index (χ3v) is 4.43. The molecule has 5 nitrogen and oxygen atoms in total. The van der Waals surface area contributed by atoms with Crippen molar-refractivity contribution in [3.05, 3.63) is 51.8 Å². The van der Waals surface area contributed by atoms with E-state index < -0.39 is 5.97 Å². The molecule has 0 spiro atoms. The van der Waals surface area contributed by atoms with Gasteiger partial charge in [0.1, 0.15) is 17.4 Å². The molecule has 0 saturated heterocycles. The number of nitrogens with zero attached hydrogens (tertiary/aromatic N) is 2. The Kier molecular flexibility index (Phi) is 3.94. The number of aromatic nitrogens is 2. The summed E-state index contributed by atoms with van der Waals surface area (Å²) < 4.78 is 5.53. The maximum absolute atomic E-state index is 11.0. The van der Waals surface area contributed by atoms with Crippen LogP contribution in [0.5, 0.6) is 5.75 Å². The third kappa shape index (κ3) is 3.09. The van der Waals surface area contributed by atoms with Gasteiger partial charge in [0.15, 0.2) is 4.88 Å². The minimum absolute atomic E-state index is 0.204. The summed E-state index contributed by atoms with van der Waals surface area (Å²) in [7, 11) is 0. The van der Waals surface area contributed by atoms with Gasteiger partial charge in [0, 0.05) is 11.6 Å². The molecule has 0 aliphatic carbocycles. The molecule has 106 valence electrons. The van der Waals surface area contributed by atoms with E-state index in [1.54, 1.807) is 17.6 Å². The van der Waals surface area contributed by atoms with E-state index in [-0.39, 0.29) is 11.5 Å². The monoisotopic (exact) mass is 318 g/mol. The van der Waals surface area contributed by atoms with Gasteiger partial charge in [0.2, 0.25) is 0 Å². The van der Waals surface area contributed by atoms with Crippen molar-refractivity contribution in [1.29, 1.82) is 0 Å². The predicted molar refractivity (Wildman–Crippen MR) is 81.0 cm³/mol. The molecular weight excluding hydrogens is 308 g/mol. The van der Waals surface area contributed by atoms with Crippen molar-refractivity contribution >= 4 is 28.6 Å². The lowest BCUT2D eigenvalue weighted by Gasteiger charge is -2.02. The number of rotatable bonds is 5. The highest BCUT2D eigenvalue weighted by atomic mass is 32.1. The zero-order valence-corrected chi connectivity index (χ0v) is 12.4.